The average Bonchev–Trinajstić information content (AvgIpc) is 2.34. The standard InChI is InChI=1S/C16H24NO2S/c1-13-4-5-14-11-16(2,3)17(12-15(14)10-13)6-8-20(18,19)9-7-17/h4-5,10H,6-9,11-12H2,1-3H3/q+1. The summed E-state index contributed by atoms with van der Waals surface area (Å²) in [7, 11) is -2.81. The van der Waals surface area contributed by atoms with Crippen LogP contribution in [0.1, 0.15) is 30.5 Å². The summed E-state index contributed by atoms with van der Waals surface area (Å²) in [4.78, 5) is 0. The molecule has 0 radical (unpaired) electrons. The summed E-state index contributed by atoms with van der Waals surface area (Å²) in [6.45, 7) is 9.25. The molecule has 20 heavy (non-hydrogen) atoms. The fraction of sp³-hybridized carbons (Fsp3) is 0.625. The quantitative estimate of drug-likeness (QED) is 0.687. The summed E-state index contributed by atoms with van der Waals surface area (Å²) in [6, 6.07) is 6.72. The lowest BCUT2D eigenvalue weighted by Gasteiger charge is -2.55. The highest BCUT2D eigenvalue weighted by atomic mass is 32.2. The third kappa shape index (κ3) is 2.19. The highest BCUT2D eigenvalue weighted by molar-refractivity contribution is 7.91. The molecule has 0 atom stereocenters. The number of nitrogens with zero attached hydrogens (tertiary/aromatic N) is 1. The Morgan fingerprint density at radius 3 is 2.40 bits per heavy atom. The van der Waals surface area contributed by atoms with Crippen molar-refractivity contribution in [3.63, 3.8) is 0 Å². The Labute approximate surface area is 122 Å². The van der Waals surface area contributed by atoms with E-state index in [9.17, 15) is 8.42 Å². The van der Waals surface area contributed by atoms with E-state index in [1.165, 1.54) is 16.7 Å². The van der Waals surface area contributed by atoms with Gasteiger partial charge in [0.1, 0.15) is 6.54 Å². The number of quaternary nitrogens is 1. The van der Waals surface area contributed by atoms with Crippen molar-refractivity contribution in [1.29, 1.82) is 0 Å². The first-order valence-electron chi connectivity index (χ1n) is 7.38. The van der Waals surface area contributed by atoms with Crippen molar-refractivity contribution in [3.05, 3.63) is 34.9 Å². The van der Waals surface area contributed by atoms with Crippen LogP contribution in [0.2, 0.25) is 0 Å². The van der Waals surface area contributed by atoms with E-state index in [-0.39, 0.29) is 5.54 Å². The second-order valence-corrected chi connectivity index (χ2v) is 9.47. The second kappa shape index (κ2) is 4.31. The Hall–Kier alpha value is -0.870. The van der Waals surface area contributed by atoms with E-state index >= 15 is 0 Å². The number of aryl methyl sites for hydroxylation is 1. The van der Waals surface area contributed by atoms with Crippen molar-refractivity contribution < 1.29 is 12.9 Å². The monoisotopic (exact) mass is 294 g/mol. The fourth-order valence-corrected chi connectivity index (χ4v) is 5.31. The molecular formula is C16H24NO2S+. The molecule has 0 amide bonds. The first kappa shape index (κ1) is 14.1. The van der Waals surface area contributed by atoms with Gasteiger partial charge in [-0.3, -0.25) is 0 Å². The third-order valence-corrected chi connectivity index (χ3v) is 7.01. The molecule has 1 saturated heterocycles. The van der Waals surface area contributed by atoms with Gasteiger partial charge in [-0.25, -0.2) is 8.42 Å². The molecule has 0 bridgehead atoms. The van der Waals surface area contributed by atoms with Gasteiger partial charge in [0.25, 0.3) is 0 Å². The van der Waals surface area contributed by atoms with E-state index in [1.807, 2.05) is 0 Å². The van der Waals surface area contributed by atoms with Gasteiger partial charge in [0.05, 0.1) is 30.1 Å². The van der Waals surface area contributed by atoms with E-state index in [1.54, 1.807) is 0 Å². The zero-order valence-electron chi connectivity index (χ0n) is 12.6. The molecular weight excluding hydrogens is 270 g/mol. The maximum atomic E-state index is 11.8. The number of hydrogen-bond acceptors (Lipinski definition) is 2. The van der Waals surface area contributed by atoms with Crippen LogP contribution in [0, 0.1) is 6.92 Å². The van der Waals surface area contributed by atoms with Gasteiger partial charge in [-0.15, -0.1) is 0 Å². The molecule has 1 spiro atoms. The van der Waals surface area contributed by atoms with Crippen LogP contribution >= 0.6 is 0 Å². The summed E-state index contributed by atoms with van der Waals surface area (Å²) in [5, 5.41) is 0. The van der Waals surface area contributed by atoms with Gasteiger partial charge in [-0.1, -0.05) is 23.8 Å². The smallest absolute Gasteiger partial charge is 0.161 e. The first-order valence-corrected chi connectivity index (χ1v) is 9.20. The van der Waals surface area contributed by atoms with E-state index < -0.39 is 9.84 Å². The Balaban J connectivity index is 2.00. The number of rotatable bonds is 0. The molecule has 0 saturated carbocycles. The average molecular weight is 294 g/mol. The molecule has 4 heteroatoms. The van der Waals surface area contributed by atoms with Gasteiger partial charge in [-0.05, 0) is 26.3 Å². The normalized spacial score (nSPS) is 26.1. The Morgan fingerprint density at radius 2 is 1.75 bits per heavy atom. The maximum Gasteiger partial charge on any atom is 0.161 e. The van der Waals surface area contributed by atoms with E-state index in [4.69, 9.17) is 0 Å². The molecule has 2 heterocycles. The predicted octanol–water partition coefficient (Wildman–Crippen LogP) is 2.07. The van der Waals surface area contributed by atoms with Crippen molar-refractivity contribution >= 4 is 9.84 Å². The van der Waals surface area contributed by atoms with Crippen molar-refractivity contribution in [2.45, 2.75) is 39.3 Å². The SMILES string of the molecule is Cc1ccc2c(c1)C[N+]1(CCS(=O)(=O)CC1)C(C)(C)C2. The van der Waals surface area contributed by atoms with E-state index in [0.29, 0.717) is 11.5 Å². The summed E-state index contributed by atoms with van der Waals surface area (Å²) in [6.07, 6.45) is 1.04. The van der Waals surface area contributed by atoms with Crippen LogP contribution in [0.5, 0.6) is 0 Å². The number of benzene rings is 1. The van der Waals surface area contributed by atoms with Crippen molar-refractivity contribution in [2.24, 2.45) is 0 Å². The lowest BCUT2D eigenvalue weighted by molar-refractivity contribution is -0.984. The van der Waals surface area contributed by atoms with Crippen LogP contribution < -0.4 is 0 Å². The Kier molecular flexibility index (Phi) is 3.04. The van der Waals surface area contributed by atoms with Crippen molar-refractivity contribution in [2.75, 3.05) is 24.6 Å². The van der Waals surface area contributed by atoms with Gasteiger partial charge in [-0.2, -0.15) is 0 Å². The lowest BCUT2D eigenvalue weighted by atomic mass is 9.82. The molecule has 0 unspecified atom stereocenters. The molecule has 3 rings (SSSR count). The molecule has 3 nitrogen and oxygen atoms in total. The zero-order valence-corrected chi connectivity index (χ0v) is 13.5. The minimum atomic E-state index is -2.81. The van der Waals surface area contributed by atoms with E-state index in [0.717, 1.165) is 30.5 Å². The molecule has 0 aliphatic carbocycles. The predicted molar refractivity (Wildman–Crippen MR) is 81.3 cm³/mol. The first-order chi connectivity index (χ1) is 9.23. The van der Waals surface area contributed by atoms with Gasteiger partial charge in [0, 0.05) is 12.0 Å². The number of fused-ring (bicyclic) bond motifs is 1. The van der Waals surface area contributed by atoms with Gasteiger partial charge < -0.3 is 4.48 Å². The van der Waals surface area contributed by atoms with Crippen LogP contribution in [0.15, 0.2) is 18.2 Å². The molecule has 0 aromatic heterocycles. The molecule has 2 aliphatic heterocycles. The van der Waals surface area contributed by atoms with Gasteiger partial charge >= 0.3 is 0 Å². The molecule has 0 N–H and O–H groups in total. The molecule has 1 aromatic rings. The van der Waals surface area contributed by atoms with Crippen LogP contribution in [-0.2, 0) is 22.8 Å². The molecule has 1 aromatic carbocycles. The van der Waals surface area contributed by atoms with Crippen LogP contribution in [0.4, 0.5) is 0 Å². The second-order valence-electron chi connectivity index (χ2n) is 7.16. The van der Waals surface area contributed by atoms with Crippen LogP contribution in [-0.4, -0.2) is 43.0 Å². The largest absolute Gasteiger partial charge is 0.314 e. The third-order valence-electron chi connectivity index (χ3n) is 5.40. The minimum Gasteiger partial charge on any atom is -0.314 e. The molecule has 2 aliphatic rings. The van der Waals surface area contributed by atoms with Crippen LogP contribution in [0.25, 0.3) is 0 Å². The number of sulfone groups is 1. The Bertz CT molecular complexity index is 632. The van der Waals surface area contributed by atoms with Gasteiger partial charge in [0.2, 0.25) is 0 Å². The molecule has 110 valence electrons. The highest BCUT2D eigenvalue weighted by Crippen LogP contribution is 2.39. The van der Waals surface area contributed by atoms with Crippen molar-refractivity contribution in [1.82, 2.24) is 0 Å². The lowest BCUT2D eigenvalue weighted by Crippen LogP contribution is -2.68. The topological polar surface area (TPSA) is 34.1 Å². The Morgan fingerprint density at radius 1 is 1.10 bits per heavy atom. The summed E-state index contributed by atoms with van der Waals surface area (Å²) in [5.74, 6) is 0.690. The minimum absolute atomic E-state index is 0.123. The summed E-state index contributed by atoms with van der Waals surface area (Å²) >= 11 is 0. The van der Waals surface area contributed by atoms with Crippen LogP contribution in [0.3, 0.4) is 0 Å². The van der Waals surface area contributed by atoms with Gasteiger partial charge in [0.15, 0.2) is 9.84 Å². The van der Waals surface area contributed by atoms with Crippen molar-refractivity contribution in [3.8, 4) is 0 Å². The summed E-state index contributed by atoms with van der Waals surface area (Å²) in [5.41, 5.74) is 4.28. The zero-order chi connectivity index (χ0) is 14.6. The summed E-state index contributed by atoms with van der Waals surface area (Å²) < 4.78 is 24.5. The highest BCUT2D eigenvalue weighted by Gasteiger charge is 2.50. The number of hydrogen-bond donors (Lipinski definition) is 0. The fourth-order valence-electron chi connectivity index (χ4n) is 3.85. The maximum absolute atomic E-state index is 11.8. The molecule has 1 fully saturated rings. The van der Waals surface area contributed by atoms with E-state index in [2.05, 4.69) is 39.0 Å².